The predicted octanol–water partition coefficient (Wildman–Crippen LogP) is 3.69. The van der Waals surface area contributed by atoms with E-state index in [0.717, 1.165) is 11.3 Å². The molecule has 2 aromatic rings. The molecule has 0 fully saturated rings. The van der Waals surface area contributed by atoms with Gasteiger partial charge >= 0.3 is 5.97 Å². The number of halogens is 2. The first-order valence-corrected chi connectivity index (χ1v) is 7.13. The van der Waals surface area contributed by atoms with Gasteiger partial charge in [0.25, 0.3) is 5.91 Å². The summed E-state index contributed by atoms with van der Waals surface area (Å²) in [5.74, 6) is -1.58. The van der Waals surface area contributed by atoms with Gasteiger partial charge in [-0.3, -0.25) is 4.79 Å². The summed E-state index contributed by atoms with van der Waals surface area (Å²) in [6.07, 6.45) is 0. The number of hydrogen-bond donors (Lipinski definition) is 1. The Labute approximate surface area is 126 Å². The number of methoxy groups -OCH3 is 1. The van der Waals surface area contributed by atoms with Crippen molar-refractivity contribution in [3.8, 4) is 0 Å². The van der Waals surface area contributed by atoms with E-state index in [4.69, 9.17) is 0 Å². The minimum Gasteiger partial charge on any atom is -0.465 e. The number of ether oxygens (including phenoxy) is 1. The van der Waals surface area contributed by atoms with E-state index in [-0.39, 0.29) is 14.9 Å². The third-order valence-corrected chi connectivity index (χ3v) is 4.18. The molecule has 1 aromatic carbocycles. The van der Waals surface area contributed by atoms with E-state index >= 15 is 0 Å². The molecule has 0 bridgehead atoms. The van der Waals surface area contributed by atoms with Gasteiger partial charge in [0.05, 0.1) is 22.8 Å². The molecule has 1 N–H and O–H groups in total. The smallest absolute Gasteiger partial charge is 0.350 e. The molecule has 20 heavy (non-hydrogen) atoms. The third-order valence-electron chi connectivity index (χ3n) is 2.48. The van der Waals surface area contributed by atoms with Crippen molar-refractivity contribution in [1.29, 1.82) is 0 Å². The van der Waals surface area contributed by atoms with Crippen LogP contribution < -0.4 is 5.32 Å². The molecular formula is C13H9BrFNO3S. The lowest BCUT2D eigenvalue weighted by Gasteiger charge is -2.07. The molecule has 7 heteroatoms. The van der Waals surface area contributed by atoms with E-state index in [1.54, 1.807) is 11.4 Å². The standard InChI is InChI=1S/C13H9BrFNO3S/c1-19-13(18)11-9(5-6-20-11)16-12(17)7-3-2-4-8(15)10(7)14/h2-6H,1H3,(H,16,17). The lowest BCUT2D eigenvalue weighted by molar-refractivity contribution is 0.0607. The fourth-order valence-electron chi connectivity index (χ4n) is 1.53. The predicted molar refractivity (Wildman–Crippen MR) is 77.7 cm³/mol. The van der Waals surface area contributed by atoms with Gasteiger partial charge in [-0.2, -0.15) is 0 Å². The Bertz CT molecular complexity index is 671. The summed E-state index contributed by atoms with van der Waals surface area (Å²) in [7, 11) is 1.26. The number of amides is 1. The van der Waals surface area contributed by atoms with Crippen molar-refractivity contribution >= 4 is 44.8 Å². The van der Waals surface area contributed by atoms with Crippen molar-refractivity contribution in [1.82, 2.24) is 0 Å². The summed E-state index contributed by atoms with van der Waals surface area (Å²) in [5.41, 5.74) is 0.482. The van der Waals surface area contributed by atoms with Crippen molar-refractivity contribution in [2.45, 2.75) is 0 Å². The van der Waals surface area contributed by atoms with Crippen molar-refractivity contribution in [3.05, 3.63) is 50.4 Å². The molecule has 0 radical (unpaired) electrons. The van der Waals surface area contributed by atoms with Gasteiger partial charge in [-0.05, 0) is 39.5 Å². The topological polar surface area (TPSA) is 55.4 Å². The number of benzene rings is 1. The second-order valence-corrected chi connectivity index (χ2v) is 5.42. The van der Waals surface area contributed by atoms with Crippen LogP contribution in [0.5, 0.6) is 0 Å². The Kier molecular flexibility index (Phi) is 4.51. The molecule has 0 unspecified atom stereocenters. The summed E-state index contributed by atoms with van der Waals surface area (Å²) in [4.78, 5) is 23.9. The minimum absolute atomic E-state index is 0.0762. The van der Waals surface area contributed by atoms with Gasteiger partial charge in [-0.15, -0.1) is 11.3 Å². The molecule has 0 atom stereocenters. The largest absolute Gasteiger partial charge is 0.465 e. The van der Waals surface area contributed by atoms with Crippen LogP contribution in [0.25, 0.3) is 0 Å². The van der Waals surface area contributed by atoms with Gasteiger partial charge in [-0.25, -0.2) is 9.18 Å². The molecule has 1 aromatic heterocycles. The van der Waals surface area contributed by atoms with Crippen LogP contribution >= 0.6 is 27.3 Å². The highest BCUT2D eigenvalue weighted by Gasteiger charge is 2.18. The quantitative estimate of drug-likeness (QED) is 0.852. The maximum atomic E-state index is 13.4. The van der Waals surface area contributed by atoms with Crippen LogP contribution in [0.2, 0.25) is 0 Å². The highest BCUT2D eigenvalue weighted by Crippen LogP contribution is 2.26. The first kappa shape index (κ1) is 14.7. The monoisotopic (exact) mass is 357 g/mol. The van der Waals surface area contributed by atoms with Crippen molar-refractivity contribution in [3.63, 3.8) is 0 Å². The fourth-order valence-corrected chi connectivity index (χ4v) is 2.74. The second-order valence-electron chi connectivity index (χ2n) is 3.71. The first-order valence-electron chi connectivity index (χ1n) is 5.45. The van der Waals surface area contributed by atoms with Gasteiger partial charge in [0.15, 0.2) is 0 Å². The molecule has 0 aliphatic carbocycles. The van der Waals surface area contributed by atoms with E-state index < -0.39 is 17.7 Å². The fraction of sp³-hybridized carbons (Fsp3) is 0.0769. The van der Waals surface area contributed by atoms with Crippen LogP contribution in [0, 0.1) is 5.82 Å². The van der Waals surface area contributed by atoms with Gasteiger partial charge < -0.3 is 10.1 Å². The molecule has 1 heterocycles. The SMILES string of the molecule is COC(=O)c1sccc1NC(=O)c1cccc(F)c1Br. The number of carbonyl (C=O) groups is 2. The maximum absolute atomic E-state index is 13.4. The van der Waals surface area contributed by atoms with E-state index in [1.807, 2.05) is 0 Å². The van der Waals surface area contributed by atoms with E-state index in [1.165, 1.54) is 25.3 Å². The highest BCUT2D eigenvalue weighted by atomic mass is 79.9. The van der Waals surface area contributed by atoms with Crippen LogP contribution in [0.15, 0.2) is 34.1 Å². The Morgan fingerprint density at radius 2 is 2.10 bits per heavy atom. The summed E-state index contributed by atoms with van der Waals surface area (Å²) in [6.45, 7) is 0. The van der Waals surface area contributed by atoms with Crippen LogP contribution in [-0.2, 0) is 4.74 Å². The lowest BCUT2D eigenvalue weighted by atomic mass is 10.2. The summed E-state index contributed by atoms with van der Waals surface area (Å²) < 4.78 is 18.1. The van der Waals surface area contributed by atoms with Crippen molar-refractivity contribution in [2.75, 3.05) is 12.4 Å². The van der Waals surface area contributed by atoms with Crippen molar-refractivity contribution < 1.29 is 18.7 Å². The molecular weight excluding hydrogens is 349 g/mol. The van der Waals surface area contributed by atoms with Crippen molar-refractivity contribution in [2.24, 2.45) is 0 Å². The van der Waals surface area contributed by atoms with Gasteiger partial charge in [0.2, 0.25) is 0 Å². The van der Waals surface area contributed by atoms with Crippen LogP contribution in [0.4, 0.5) is 10.1 Å². The molecule has 104 valence electrons. The van der Waals surface area contributed by atoms with Crippen LogP contribution in [-0.4, -0.2) is 19.0 Å². The number of anilines is 1. The van der Waals surface area contributed by atoms with E-state index in [2.05, 4.69) is 26.0 Å². The molecule has 0 saturated carbocycles. The zero-order chi connectivity index (χ0) is 14.7. The molecule has 2 rings (SSSR count). The molecule has 0 saturated heterocycles. The average molecular weight is 358 g/mol. The summed E-state index contributed by atoms with van der Waals surface area (Å²) in [5, 5.41) is 4.22. The van der Waals surface area contributed by atoms with Crippen LogP contribution in [0.1, 0.15) is 20.0 Å². The lowest BCUT2D eigenvalue weighted by Crippen LogP contribution is -2.14. The zero-order valence-electron chi connectivity index (χ0n) is 10.3. The second kappa shape index (κ2) is 6.15. The van der Waals surface area contributed by atoms with Gasteiger partial charge in [-0.1, -0.05) is 6.07 Å². The summed E-state index contributed by atoms with van der Waals surface area (Å²) in [6, 6.07) is 5.74. The molecule has 4 nitrogen and oxygen atoms in total. The summed E-state index contributed by atoms with van der Waals surface area (Å²) >= 11 is 4.17. The third kappa shape index (κ3) is 2.88. The van der Waals surface area contributed by atoms with E-state index in [9.17, 15) is 14.0 Å². The Hall–Kier alpha value is -1.73. The Morgan fingerprint density at radius 1 is 1.35 bits per heavy atom. The number of rotatable bonds is 3. The number of esters is 1. The number of carbonyl (C=O) groups excluding carboxylic acids is 2. The minimum atomic E-state index is -0.534. The van der Waals surface area contributed by atoms with Crippen LogP contribution in [0.3, 0.4) is 0 Å². The zero-order valence-corrected chi connectivity index (χ0v) is 12.7. The Morgan fingerprint density at radius 3 is 2.80 bits per heavy atom. The number of nitrogens with one attached hydrogen (secondary N) is 1. The highest BCUT2D eigenvalue weighted by molar-refractivity contribution is 9.10. The normalized spacial score (nSPS) is 10.2. The van der Waals surface area contributed by atoms with Gasteiger partial charge in [0.1, 0.15) is 10.7 Å². The maximum Gasteiger partial charge on any atom is 0.350 e. The molecule has 0 spiro atoms. The number of thiophene rings is 1. The van der Waals surface area contributed by atoms with E-state index in [0.29, 0.717) is 5.69 Å². The first-order chi connectivity index (χ1) is 9.54. The van der Waals surface area contributed by atoms with Gasteiger partial charge in [0, 0.05) is 0 Å². The average Bonchev–Trinajstić information content (AvgIpc) is 2.89. The molecule has 0 aliphatic rings. The molecule has 1 amide bonds. The molecule has 0 aliphatic heterocycles. The number of hydrogen-bond acceptors (Lipinski definition) is 4. The Balaban J connectivity index is 2.27.